The normalized spacial score (nSPS) is 10.8. The molecule has 10 nitrogen and oxygen atoms in total. The van der Waals surface area contributed by atoms with Crippen LogP contribution < -0.4 is 5.32 Å². The molecule has 0 aliphatic heterocycles. The molecule has 2 heterocycles. The highest BCUT2D eigenvalue weighted by Crippen LogP contribution is 2.20. The fourth-order valence-electron chi connectivity index (χ4n) is 3.03. The van der Waals surface area contributed by atoms with Crippen molar-refractivity contribution in [2.24, 2.45) is 0 Å². The van der Waals surface area contributed by atoms with Crippen molar-refractivity contribution in [2.45, 2.75) is 19.9 Å². The number of hydrogen-bond acceptors (Lipinski definition) is 7. The van der Waals surface area contributed by atoms with Crippen LogP contribution in [-0.4, -0.2) is 30.8 Å². The molecule has 2 aromatic heterocycles. The third-order valence-electron chi connectivity index (χ3n) is 4.64. The van der Waals surface area contributed by atoms with Gasteiger partial charge in [0.1, 0.15) is 12.4 Å². The lowest BCUT2D eigenvalue weighted by atomic mass is 10.1. The molecule has 0 fully saturated rings. The van der Waals surface area contributed by atoms with Crippen molar-refractivity contribution in [1.82, 2.24) is 19.9 Å². The molecule has 0 unspecified atom stereocenters. The van der Waals surface area contributed by atoms with Crippen molar-refractivity contribution < 1.29 is 18.6 Å². The molecule has 0 atom stereocenters. The lowest BCUT2D eigenvalue weighted by molar-refractivity contribution is -0.389. The molecular weight excluding hydrogens is 419 g/mol. The second kappa shape index (κ2) is 8.76. The van der Waals surface area contributed by atoms with Crippen molar-refractivity contribution in [2.75, 3.05) is 5.32 Å². The number of amides is 1. The third kappa shape index (κ3) is 4.67. The van der Waals surface area contributed by atoms with Crippen LogP contribution in [0.25, 0.3) is 11.4 Å². The highest BCUT2D eigenvalue weighted by molar-refractivity contribution is 5.90. The van der Waals surface area contributed by atoms with E-state index in [1.165, 1.54) is 16.8 Å². The number of benzene rings is 2. The Hall–Kier alpha value is -4.41. The molecule has 162 valence electrons. The van der Waals surface area contributed by atoms with E-state index in [1.807, 2.05) is 0 Å². The average molecular weight is 436 g/mol. The molecule has 4 aromatic rings. The van der Waals surface area contributed by atoms with E-state index in [4.69, 9.17) is 4.52 Å². The predicted molar refractivity (Wildman–Crippen MR) is 111 cm³/mol. The van der Waals surface area contributed by atoms with Gasteiger partial charge in [0.25, 0.3) is 0 Å². The summed E-state index contributed by atoms with van der Waals surface area (Å²) in [7, 11) is 0. The molecule has 0 saturated carbocycles. The molecule has 0 spiro atoms. The summed E-state index contributed by atoms with van der Waals surface area (Å²) in [5.41, 5.74) is 2.14. The highest BCUT2D eigenvalue weighted by Gasteiger charge is 2.18. The number of nitro groups is 1. The first-order valence-corrected chi connectivity index (χ1v) is 9.54. The Morgan fingerprint density at radius 1 is 1.22 bits per heavy atom. The lowest BCUT2D eigenvalue weighted by Crippen LogP contribution is -2.20. The molecule has 0 bridgehead atoms. The van der Waals surface area contributed by atoms with E-state index in [9.17, 15) is 19.3 Å². The highest BCUT2D eigenvalue weighted by atomic mass is 19.1. The lowest BCUT2D eigenvalue weighted by Gasteiger charge is -2.05. The predicted octanol–water partition coefficient (Wildman–Crippen LogP) is 3.52. The number of carbonyl (C=O) groups is 1. The van der Waals surface area contributed by atoms with Gasteiger partial charge in [-0.25, -0.2) is 4.39 Å². The summed E-state index contributed by atoms with van der Waals surface area (Å²) in [6.07, 6.45) is 0.179. The van der Waals surface area contributed by atoms with Crippen molar-refractivity contribution in [1.29, 1.82) is 0 Å². The molecule has 2 aromatic carbocycles. The van der Waals surface area contributed by atoms with Gasteiger partial charge in [0.2, 0.25) is 17.6 Å². The number of aromatic nitrogens is 4. The molecule has 1 N–H and O–H groups in total. The third-order valence-corrected chi connectivity index (χ3v) is 4.64. The SMILES string of the molecule is Cc1cc([N+](=O)[O-])nn1CC(=O)Nc1ccc(-c2noc(Cc3ccccc3F)n2)cc1. The summed E-state index contributed by atoms with van der Waals surface area (Å²) in [6.45, 7) is 1.47. The van der Waals surface area contributed by atoms with E-state index in [2.05, 4.69) is 20.6 Å². The fourth-order valence-corrected chi connectivity index (χ4v) is 3.03. The van der Waals surface area contributed by atoms with Crippen molar-refractivity contribution in [3.05, 3.63) is 87.7 Å². The van der Waals surface area contributed by atoms with Crippen LogP contribution in [0.3, 0.4) is 0 Å². The number of halogens is 1. The van der Waals surface area contributed by atoms with Gasteiger partial charge in [-0.1, -0.05) is 23.4 Å². The molecule has 0 radical (unpaired) electrons. The summed E-state index contributed by atoms with van der Waals surface area (Å²) < 4.78 is 20.3. The van der Waals surface area contributed by atoms with E-state index in [1.54, 1.807) is 49.4 Å². The van der Waals surface area contributed by atoms with Crippen LogP contribution in [0.1, 0.15) is 17.1 Å². The topological polar surface area (TPSA) is 129 Å². The standard InChI is InChI=1S/C21H17FN6O4/c1-13-10-18(28(30)31)25-27(13)12-19(29)23-16-8-6-14(7-9-16)21-24-20(32-26-21)11-15-4-2-3-5-17(15)22/h2-10H,11-12H2,1H3,(H,23,29). The second-order valence-corrected chi connectivity index (χ2v) is 6.96. The maximum Gasteiger partial charge on any atom is 0.390 e. The zero-order valence-corrected chi connectivity index (χ0v) is 16.9. The quantitative estimate of drug-likeness (QED) is 0.347. The summed E-state index contributed by atoms with van der Waals surface area (Å²) in [6, 6.07) is 14.4. The van der Waals surface area contributed by atoms with Gasteiger partial charge in [0, 0.05) is 11.3 Å². The van der Waals surface area contributed by atoms with E-state index in [0.29, 0.717) is 28.3 Å². The van der Waals surface area contributed by atoms with Gasteiger partial charge in [0.05, 0.1) is 23.3 Å². The summed E-state index contributed by atoms with van der Waals surface area (Å²) in [4.78, 5) is 26.7. The van der Waals surface area contributed by atoms with Gasteiger partial charge in [-0.15, -0.1) is 0 Å². The monoisotopic (exact) mass is 436 g/mol. The first-order valence-electron chi connectivity index (χ1n) is 9.54. The van der Waals surface area contributed by atoms with Crippen LogP contribution in [0, 0.1) is 22.9 Å². The van der Waals surface area contributed by atoms with Crippen LogP contribution in [0.15, 0.2) is 59.1 Å². The minimum atomic E-state index is -0.611. The zero-order valence-electron chi connectivity index (χ0n) is 16.9. The number of nitrogens with one attached hydrogen (secondary N) is 1. The smallest absolute Gasteiger partial charge is 0.358 e. The van der Waals surface area contributed by atoms with E-state index in [-0.39, 0.29) is 36.4 Å². The van der Waals surface area contributed by atoms with Crippen molar-refractivity contribution >= 4 is 17.4 Å². The minimum Gasteiger partial charge on any atom is -0.358 e. The van der Waals surface area contributed by atoms with E-state index in [0.717, 1.165) is 0 Å². The number of hydrogen-bond donors (Lipinski definition) is 1. The number of anilines is 1. The fraction of sp³-hybridized carbons (Fsp3) is 0.143. The van der Waals surface area contributed by atoms with Crippen LogP contribution in [0.4, 0.5) is 15.9 Å². The van der Waals surface area contributed by atoms with Crippen LogP contribution in [0.2, 0.25) is 0 Å². The number of nitrogens with zero attached hydrogens (tertiary/aromatic N) is 5. The Kier molecular flexibility index (Phi) is 5.71. The zero-order chi connectivity index (χ0) is 22.7. The van der Waals surface area contributed by atoms with Crippen molar-refractivity contribution in [3.8, 4) is 11.4 Å². The first kappa shape index (κ1) is 20.8. The number of rotatable bonds is 7. The molecule has 4 rings (SSSR count). The van der Waals surface area contributed by atoms with Crippen LogP contribution in [-0.2, 0) is 17.8 Å². The van der Waals surface area contributed by atoms with Crippen molar-refractivity contribution in [3.63, 3.8) is 0 Å². The van der Waals surface area contributed by atoms with Crippen LogP contribution >= 0.6 is 0 Å². The van der Waals surface area contributed by atoms with Gasteiger partial charge in [0.15, 0.2) is 0 Å². The molecule has 0 aliphatic rings. The Bertz CT molecular complexity index is 1280. The minimum absolute atomic E-state index is 0.161. The second-order valence-electron chi connectivity index (χ2n) is 6.96. The van der Waals surface area contributed by atoms with Gasteiger partial charge >= 0.3 is 5.82 Å². The molecule has 32 heavy (non-hydrogen) atoms. The van der Waals surface area contributed by atoms with Gasteiger partial charge in [-0.2, -0.15) is 9.67 Å². The van der Waals surface area contributed by atoms with Gasteiger partial charge < -0.3 is 20.0 Å². The Labute approximate surface area is 180 Å². The Balaban J connectivity index is 1.39. The summed E-state index contributed by atoms with van der Waals surface area (Å²) >= 11 is 0. The molecule has 11 heteroatoms. The molecular formula is C21H17FN6O4. The number of carbonyl (C=O) groups excluding carboxylic acids is 1. The summed E-state index contributed by atoms with van der Waals surface area (Å²) in [5.74, 6) is -0.410. The number of aryl methyl sites for hydroxylation is 1. The molecule has 1 amide bonds. The molecule has 0 saturated heterocycles. The maximum absolute atomic E-state index is 13.8. The largest absolute Gasteiger partial charge is 0.390 e. The van der Waals surface area contributed by atoms with E-state index >= 15 is 0 Å². The van der Waals surface area contributed by atoms with Gasteiger partial charge in [-0.05, 0) is 47.7 Å². The van der Waals surface area contributed by atoms with E-state index < -0.39 is 4.92 Å². The Morgan fingerprint density at radius 2 is 1.97 bits per heavy atom. The molecule has 0 aliphatic carbocycles. The Morgan fingerprint density at radius 3 is 2.66 bits per heavy atom. The van der Waals surface area contributed by atoms with Gasteiger partial charge in [-0.3, -0.25) is 4.79 Å². The summed E-state index contributed by atoms with van der Waals surface area (Å²) in [5, 5.41) is 21.2. The first-order chi connectivity index (χ1) is 15.4. The maximum atomic E-state index is 13.8. The van der Waals surface area contributed by atoms with Crippen LogP contribution in [0.5, 0.6) is 0 Å². The average Bonchev–Trinajstić information content (AvgIpc) is 3.37.